The van der Waals surface area contributed by atoms with Gasteiger partial charge in [-0.3, -0.25) is 0 Å². The Morgan fingerprint density at radius 2 is 1.16 bits per heavy atom. The number of hydrogen-bond acceptors (Lipinski definition) is 2. The number of imidazole rings is 2. The number of hydrogen-bond donors (Lipinski definition) is 0. The third-order valence-corrected chi connectivity index (χ3v) is 4.38. The van der Waals surface area contributed by atoms with Crippen molar-refractivity contribution in [3.05, 3.63) is 34.3 Å². The first-order chi connectivity index (χ1) is 9.09. The fourth-order valence-electron chi connectivity index (χ4n) is 2.10. The van der Waals surface area contributed by atoms with Gasteiger partial charge in [0.1, 0.15) is 0 Å². The van der Waals surface area contributed by atoms with E-state index < -0.39 is 0 Å². The van der Waals surface area contributed by atoms with Crippen LogP contribution >= 0.6 is 24.4 Å². The van der Waals surface area contributed by atoms with Crippen molar-refractivity contribution < 1.29 is 0 Å². The highest BCUT2D eigenvalue weighted by Gasteiger charge is 1.98. The van der Waals surface area contributed by atoms with Gasteiger partial charge < -0.3 is 18.3 Å². The normalized spacial score (nSPS) is 11.1. The van der Waals surface area contributed by atoms with Crippen molar-refractivity contribution in [3.8, 4) is 0 Å². The Morgan fingerprint density at radius 1 is 0.737 bits per heavy atom. The first kappa shape index (κ1) is 14.3. The molecule has 0 saturated heterocycles. The van der Waals surface area contributed by atoms with Crippen LogP contribution in [-0.2, 0) is 27.2 Å². The molecular weight excluding hydrogens is 276 g/mol. The predicted octanol–water partition coefficient (Wildman–Crippen LogP) is 3.30. The van der Waals surface area contributed by atoms with Crippen LogP contribution in [0, 0.1) is 9.54 Å². The van der Waals surface area contributed by atoms with Crippen LogP contribution in [0.25, 0.3) is 0 Å². The van der Waals surface area contributed by atoms with E-state index in [1.807, 2.05) is 35.6 Å². The molecule has 2 heterocycles. The molecular formula is C13H20N4S2. The van der Waals surface area contributed by atoms with E-state index >= 15 is 0 Å². The van der Waals surface area contributed by atoms with Crippen LogP contribution in [0.2, 0.25) is 0 Å². The predicted molar refractivity (Wildman–Crippen MR) is 82.3 cm³/mol. The summed E-state index contributed by atoms with van der Waals surface area (Å²) >= 11 is 10.6. The lowest BCUT2D eigenvalue weighted by molar-refractivity contribution is 0.535. The lowest BCUT2D eigenvalue weighted by Gasteiger charge is -2.04. The summed E-state index contributed by atoms with van der Waals surface area (Å²) in [5, 5.41) is 0. The van der Waals surface area contributed by atoms with E-state index in [-0.39, 0.29) is 0 Å². The van der Waals surface area contributed by atoms with Gasteiger partial charge in [0.15, 0.2) is 9.54 Å². The maximum Gasteiger partial charge on any atom is 0.179 e. The lowest BCUT2D eigenvalue weighted by atomic mass is 10.2. The summed E-state index contributed by atoms with van der Waals surface area (Å²) in [5.41, 5.74) is 0. The molecule has 0 aliphatic heterocycles. The topological polar surface area (TPSA) is 19.7 Å². The largest absolute Gasteiger partial charge is 0.327 e. The monoisotopic (exact) mass is 296 g/mol. The minimum absolute atomic E-state index is 0.894. The molecule has 4 nitrogen and oxygen atoms in total. The van der Waals surface area contributed by atoms with Gasteiger partial charge in [0.2, 0.25) is 0 Å². The van der Waals surface area contributed by atoms with E-state index in [2.05, 4.69) is 21.5 Å². The minimum atomic E-state index is 0.894. The molecule has 0 aromatic carbocycles. The van der Waals surface area contributed by atoms with Gasteiger partial charge in [-0.05, 0) is 43.7 Å². The highest BCUT2D eigenvalue weighted by molar-refractivity contribution is 7.71. The number of nitrogens with zero attached hydrogens (tertiary/aromatic N) is 4. The lowest BCUT2D eigenvalue weighted by Crippen LogP contribution is -2.01. The van der Waals surface area contributed by atoms with Crippen molar-refractivity contribution in [2.45, 2.75) is 32.4 Å². The second kappa shape index (κ2) is 6.34. The standard InChI is InChI=1S/C13H20N4S2/c1-14-8-10-16(12(14)18)6-4-3-5-7-17-11-9-15(2)13(17)19/h8-11H,3-7H2,1-2H3. The third-order valence-electron chi connectivity index (χ3n) is 3.33. The molecule has 0 unspecified atom stereocenters. The van der Waals surface area contributed by atoms with Gasteiger partial charge >= 0.3 is 0 Å². The SMILES string of the molecule is Cn1ccn(CCCCCn2ccn(C)c2=S)c1=S. The van der Waals surface area contributed by atoms with E-state index in [0.29, 0.717) is 0 Å². The zero-order chi connectivity index (χ0) is 13.8. The van der Waals surface area contributed by atoms with Crippen molar-refractivity contribution in [1.82, 2.24) is 18.3 Å². The molecule has 0 fully saturated rings. The van der Waals surface area contributed by atoms with E-state index in [9.17, 15) is 0 Å². The maximum absolute atomic E-state index is 5.31. The molecule has 2 rings (SSSR count). The summed E-state index contributed by atoms with van der Waals surface area (Å²) in [5.74, 6) is 0. The second-order valence-corrected chi connectivity index (χ2v) is 5.56. The summed E-state index contributed by atoms with van der Waals surface area (Å²) in [6.07, 6.45) is 11.6. The van der Waals surface area contributed by atoms with Crippen LogP contribution in [-0.4, -0.2) is 18.3 Å². The van der Waals surface area contributed by atoms with Crippen LogP contribution in [0.3, 0.4) is 0 Å². The molecule has 0 atom stereocenters. The van der Waals surface area contributed by atoms with Gasteiger partial charge in [0.25, 0.3) is 0 Å². The molecule has 6 heteroatoms. The Balaban J connectivity index is 1.73. The number of aromatic nitrogens is 4. The quantitative estimate of drug-likeness (QED) is 0.602. The van der Waals surface area contributed by atoms with Crippen LogP contribution in [0.1, 0.15) is 19.3 Å². The molecule has 0 saturated carbocycles. The molecule has 2 aromatic heterocycles. The smallest absolute Gasteiger partial charge is 0.179 e. The van der Waals surface area contributed by atoms with Gasteiger partial charge in [-0.1, -0.05) is 0 Å². The molecule has 19 heavy (non-hydrogen) atoms. The average Bonchev–Trinajstić information content (AvgIpc) is 2.88. The molecule has 0 spiro atoms. The Bertz CT molecular complexity index is 588. The summed E-state index contributed by atoms with van der Waals surface area (Å²) < 4.78 is 9.99. The first-order valence-corrected chi connectivity index (χ1v) is 7.35. The Labute approximate surface area is 123 Å². The van der Waals surface area contributed by atoms with E-state index in [4.69, 9.17) is 24.4 Å². The van der Waals surface area contributed by atoms with Crippen LogP contribution in [0.5, 0.6) is 0 Å². The number of rotatable bonds is 6. The molecule has 0 amide bonds. The third kappa shape index (κ3) is 3.45. The fraction of sp³-hybridized carbons (Fsp3) is 0.538. The number of unbranched alkanes of at least 4 members (excludes halogenated alkanes) is 2. The first-order valence-electron chi connectivity index (χ1n) is 6.53. The molecule has 0 aliphatic rings. The fourth-order valence-corrected chi connectivity index (χ4v) is 2.53. The van der Waals surface area contributed by atoms with E-state index in [0.717, 1.165) is 35.5 Å². The highest BCUT2D eigenvalue weighted by atomic mass is 32.1. The van der Waals surface area contributed by atoms with Crippen molar-refractivity contribution in [2.24, 2.45) is 14.1 Å². The molecule has 0 bridgehead atoms. The van der Waals surface area contributed by atoms with Gasteiger partial charge in [-0.15, -0.1) is 0 Å². The summed E-state index contributed by atoms with van der Waals surface area (Å²) in [7, 11) is 3.96. The minimum Gasteiger partial charge on any atom is -0.327 e. The molecule has 0 aliphatic carbocycles. The summed E-state index contributed by atoms with van der Waals surface area (Å²) in [6.45, 7) is 2.00. The van der Waals surface area contributed by atoms with E-state index in [1.54, 1.807) is 0 Å². The van der Waals surface area contributed by atoms with Crippen LogP contribution < -0.4 is 0 Å². The Hall–Kier alpha value is -1.14. The maximum atomic E-state index is 5.31. The van der Waals surface area contributed by atoms with Gasteiger partial charge in [-0.25, -0.2) is 0 Å². The van der Waals surface area contributed by atoms with Crippen LogP contribution in [0.4, 0.5) is 0 Å². The van der Waals surface area contributed by atoms with E-state index in [1.165, 1.54) is 6.42 Å². The Morgan fingerprint density at radius 3 is 1.47 bits per heavy atom. The molecule has 0 N–H and O–H groups in total. The molecule has 2 aromatic rings. The van der Waals surface area contributed by atoms with Crippen LogP contribution in [0.15, 0.2) is 24.8 Å². The van der Waals surface area contributed by atoms with Crippen molar-refractivity contribution >= 4 is 24.4 Å². The van der Waals surface area contributed by atoms with Gasteiger partial charge in [-0.2, -0.15) is 0 Å². The highest BCUT2D eigenvalue weighted by Crippen LogP contribution is 2.05. The zero-order valence-corrected chi connectivity index (χ0v) is 13.1. The molecule has 0 radical (unpaired) electrons. The average molecular weight is 296 g/mol. The van der Waals surface area contributed by atoms with Gasteiger partial charge in [0, 0.05) is 52.0 Å². The second-order valence-electron chi connectivity index (χ2n) is 4.83. The Kier molecular flexibility index (Phi) is 4.76. The van der Waals surface area contributed by atoms with Crippen molar-refractivity contribution in [2.75, 3.05) is 0 Å². The zero-order valence-electron chi connectivity index (χ0n) is 11.5. The van der Waals surface area contributed by atoms with Crippen molar-refractivity contribution in [1.29, 1.82) is 0 Å². The number of aryl methyl sites for hydroxylation is 4. The summed E-state index contributed by atoms with van der Waals surface area (Å²) in [4.78, 5) is 0. The van der Waals surface area contributed by atoms with Gasteiger partial charge in [0.05, 0.1) is 0 Å². The van der Waals surface area contributed by atoms with Crippen molar-refractivity contribution in [3.63, 3.8) is 0 Å². The molecule has 104 valence electrons. The summed E-state index contributed by atoms with van der Waals surface area (Å²) in [6, 6.07) is 0.